The molecular weight excluding hydrogens is 358 g/mol. The Morgan fingerprint density at radius 3 is 2.25 bits per heavy atom. The molecule has 28 heavy (non-hydrogen) atoms. The van der Waals surface area contributed by atoms with Crippen molar-refractivity contribution in [1.29, 1.82) is 0 Å². The Bertz CT molecular complexity index is 771. The van der Waals surface area contributed by atoms with Gasteiger partial charge in [-0.25, -0.2) is 0 Å². The van der Waals surface area contributed by atoms with E-state index in [0.717, 1.165) is 11.3 Å². The smallest absolute Gasteiger partial charge is 0.307 e. The fourth-order valence-electron chi connectivity index (χ4n) is 2.44. The molecule has 1 amide bonds. The van der Waals surface area contributed by atoms with Crippen molar-refractivity contribution in [2.24, 2.45) is 0 Å². The molecule has 0 heterocycles. The highest BCUT2D eigenvalue weighted by Gasteiger charge is 2.13. The molecule has 0 aliphatic rings. The summed E-state index contributed by atoms with van der Waals surface area (Å²) in [7, 11) is 2.93. The van der Waals surface area contributed by atoms with Gasteiger partial charge < -0.3 is 19.1 Å². The Kier molecular flexibility index (Phi) is 8.59. The van der Waals surface area contributed by atoms with Crippen LogP contribution in [-0.4, -0.2) is 50.7 Å². The lowest BCUT2D eigenvalue weighted by Crippen LogP contribution is -2.35. The van der Waals surface area contributed by atoms with E-state index in [1.54, 1.807) is 42.4 Å². The quantitative estimate of drug-likeness (QED) is 0.466. The number of methoxy groups -OCH3 is 2. The molecule has 0 aliphatic heterocycles. The average Bonchev–Trinajstić information content (AvgIpc) is 2.75. The summed E-state index contributed by atoms with van der Waals surface area (Å²) < 4.78 is 15.5. The highest BCUT2D eigenvalue weighted by molar-refractivity contribution is 5.92. The highest BCUT2D eigenvalue weighted by atomic mass is 16.5. The van der Waals surface area contributed by atoms with Gasteiger partial charge in [-0.2, -0.15) is 0 Å². The minimum absolute atomic E-state index is 0.129. The Labute approximate surface area is 165 Å². The second-order valence-electron chi connectivity index (χ2n) is 5.92. The zero-order chi connectivity index (χ0) is 20.2. The van der Waals surface area contributed by atoms with Gasteiger partial charge in [-0.3, -0.25) is 9.59 Å². The van der Waals surface area contributed by atoms with E-state index in [9.17, 15) is 9.59 Å². The van der Waals surface area contributed by atoms with E-state index in [-0.39, 0.29) is 24.8 Å². The van der Waals surface area contributed by atoms with E-state index in [2.05, 4.69) is 4.74 Å². The molecule has 6 heteroatoms. The Morgan fingerprint density at radius 1 is 0.929 bits per heavy atom. The summed E-state index contributed by atoms with van der Waals surface area (Å²) in [5, 5.41) is 0. The van der Waals surface area contributed by atoms with Crippen LogP contribution in [0.25, 0.3) is 6.08 Å². The molecule has 0 aliphatic carbocycles. The maximum atomic E-state index is 12.6. The van der Waals surface area contributed by atoms with Gasteiger partial charge in [0.25, 0.3) is 0 Å². The fourth-order valence-corrected chi connectivity index (χ4v) is 2.44. The van der Waals surface area contributed by atoms with Gasteiger partial charge in [-0.15, -0.1) is 0 Å². The third kappa shape index (κ3) is 7.15. The number of nitrogens with zero attached hydrogens (tertiary/aromatic N) is 1. The number of rotatable bonds is 10. The number of ether oxygens (including phenoxy) is 3. The minimum Gasteiger partial charge on any atom is -0.497 e. The zero-order valence-corrected chi connectivity index (χ0v) is 16.2. The van der Waals surface area contributed by atoms with Gasteiger partial charge in [0.15, 0.2) is 0 Å². The number of carbonyl (C=O) groups excluding carboxylic acids is 2. The van der Waals surface area contributed by atoms with Crippen LogP contribution >= 0.6 is 0 Å². The van der Waals surface area contributed by atoms with Crippen LogP contribution in [0, 0.1) is 0 Å². The zero-order valence-electron chi connectivity index (χ0n) is 16.2. The molecule has 2 rings (SSSR count). The van der Waals surface area contributed by atoms with Crippen LogP contribution in [0.4, 0.5) is 0 Å². The second kappa shape index (κ2) is 11.4. The number of esters is 1. The molecule has 6 nitrogen and oxygen atoms in total. The first-order valence-electron chi connectivity index (χ1n) is 8.98. The van der Waals surface area contributed by atoms with Crippen LogP contribution in [0.2, 0.25) is 0 Å². The van der Waals surface area contributed by atoms with Crippen molar-refractivity contribution in [3.05, 3.63) is 66.2 Å². The second-order valence-corrected chi connectivity index (χ2v) is 5.92. The summed E-state index contributed by atoms with van der Waals surface area (Å²) in [4.78, 5) is 25.6. The monoisotopic (exact) mass is 383 g/mol. The van der Waals surface area contributed by atoms with Crippen molar-refractivity contribution in [3.63, 3.8) is 0 Å². The summed E-state index contributed by atoms with van der Waals surface area (Å²) in [5.74, 6) is 0.876. The first-order chi connectivity index (χ1) is 13.6. The fraction of sp³-hybridized carbons (Fsp3) is 0.273. The summed E-state index contributed by atoms with van der Waals surface area (Å²) in [6.45, 7) is 0.913. The Hall–Kier alpha value is -3.28. The Balaban J connectivity index is 1.94. The van der Waals surface area contributed by atoms with E-state index < -0.39 is 0 Å². The molecule has 0 bridgehead atoms. The molecule has 0 saturated carbocycles. The van der Waals surface area contributed by atoms with E-state index in [0.29, 0.717) is 18.9 Å². The van der Waals surface area contributed by atoms with Gasteiger partial charge in [0.05, 0.1) is 27.2 Å². The van der Waals surface area contributed by atoms with Crippen molar-refractivity contribution < 1.29 is 23.8 Å². The van der Waals surface area contributed by atoms with Crippen LogP contribution in [0.1, 0.15) is 12.0 Å². The third-order valence-electron chi connectivity index (χ3n) is 4.03. The Morgan fingerprint density at radius 2 is 1.61 bits per heavy atom. The lowest BCUT2D eigenvalue weighted by Gasteiger charge is -2.21. The van der Waals surface area contributed by atoms with Gasteiger partial charge >= 0.3 is 5.97 Å². The van der Waals surface area contributed by atoms with Gasteiger partial charge in [-0.05, 0) is 35.9 Å². The lowest BCUT2D eigenvalue weighted by molar-refractivity contribution is -0.141. The highest BCUT2D eigenvalue weighted by Crippen LogP contribution is 2.17. The normalized spacial score (nSPS) is 10.5. The molecule has 0 radical (unpaired) electrons. The number of amides is 1. The summed E-state index contributed by atoms with van der Waals surface area (Å²) >= 11 is 0. The maximum Gasteiger partial charge on any atom is 0.307 e. The molecule has 0 fully saturated rings. The molecule has 0 N–H and O–H groups in total. The number of benzene rings is 2. The van der Waals surface area contributed by atoms with E-state index in [4.69, 9.17) is 9.47 Å². The summed E-state index contributed by atoms with van der Waals surface area (Å²) in [5.41, 5.74) is 0.929. The van der Waals surface area contributed by atoms with Gasteiger partial charge in [0.2, 0.25) is 5.91 Å². The first kappa shape index (κ1) is 21.0. The molecular formula is C22H25NO5. The van der Waals surface area contributed by atoms with Crippen LogP contribution < -0.4 is 9.47 Å². The van der Waals surface area contributed by atoms with Crippen LogP contribution in [0.3, 0.4) is 0 Å². The third-order valence-corrected chi connectivity index (χ3v) is 4.03. The van der Waals surface area contributed by atoms with E-state index in [1.807, 2.05) is 30.3 Å². The van der Waals surface area contributed by atoms with Crippen molar-refractivity contribution in [3.8, 4) is 11.5 Å². The SMILES string of the molecule is COC(=O)CCN(CCOc1ccc(OC)cc1)C(=O)/C=C/c1ccccc1. The number of hydrogen-bond acceptors (Lipinski definition) is 5. The maximum absolute atomic E-state index is 12.6. The number of hydrogen-bond donors (Lipinski definition) is 0. The van der Waals surface area contributed by atoms with Gasteiger partial charge in [0, 0.05) is 12.6 Å². The topological polar surface area (TPSA) is 65.1 Å². The van der Waals surface area contributed by atoms with Crippen molar-refractivity contribution in [2.45, 2.75) is 6.42 Å². The molecule has 148 valence electrons. The lowest BCUT2D eigenvalue weighted by atomic mass is 10.2. The predicted molar refractivity (Wildman–Crippen MR) is 107 cm³/mol. The molecule has 0 atom stereocenters. The average molecular weight is 383 g/mol. The number of carbonyl (C=O) groups is 2. The summed E-state index contributed by atoms with van der Waals surface area (Å²) in [6, 6.07) is 16.8. The largest absolute Gasteiger partial charge is 0.497 e. The minimum atomic E-state index is -0.360. The van der Waals surface area contributed by atoms with Crippen LogP contribution in [0.15, 0.2) is 60.7 Å². The predicted octanol–water partition coefficient (Wildman–Crippen LogP) is 3.18. The molecule has 0 unspecified atom stereocenters. The van der Waals surface area contributed by atoms with Gasteiger partial charge in [-0.1, -0.05) is 30.3 Å². The van der Waals surface area contributed by atoms with Crippen molar-refractivity contribution >= 4 is 18.0 Å². The van der Waals surface area contributed by atoms with Gasteiger partial charge in [0.1, 0.15) is 18.1 Å². The van der Waals surface area contributed by atoms with Crippen LogP contribution in [-0.2, 0) is 14.3 Å². The van der Waals surface area contributed by atoms with E-state index >= 15 is 0 Å². The molecule has 2 aromatic carbocycles. The van der Waals surface area contributed by atoms with Crippen molar-refractivity contribution in [1.82, 2.24) is 4.90 Å². The van der Waals surface area contributed by atoms with E-state index in [1.165, 1.54) is 13.2 Å². The molecule has 0 spiro atoms. The standard InChI is InChI=1S/C22H25NO5/c1-26-19-9-11-20(12-10-19)28-17-16-23(15-14-22(25)27-2)21(24)13-8-18-6-4-3-5-7-18/h3-13H,14-17H2,1-2H3/b13-8+. The van der Waals surface area contributed by atoms with Crippen molar-refractivity contribution in [2.75, 3.05) is 33.9 Å². The molecule has 2 aromatic rings. The molecule has 0 aromatic heterocycles. The van der Waals surface area contributed by atoms with Crippen LogP contribution in [0.5, 0.6) is 11.5 Å². The molecule has 0 saturated heterocycles. The first-order valence-corrected chi connectivity index (χ1v) is 8.98. The summed E-state index contributed by atoms with van der Waals surface area (Å²) in [6.07, 6.45) is 3.38.